The van der Waals surface area contributed by atoms with Crippen LogP contribution in [0.3, 0.4) is 0 Å². The predicted molar refractivity (Wildman–Crippen MR) is 103 cm³/mol. The van der Waals surface area contributed by atoms with Crippen LogP contribution in [0, 0.1) is 0 Å². The molecule has 1 amide bonds. The molecule has 0 spiro atoms. The normalized spacial score (nSPS) is 16.5. The number of benzene rings is 2. The van der Waals surface area contributed by atoms with Gasteiger partial charge in [-0.2, -0.15) is 4.31 Å². The third-order valence-electron chi connectivity index (χ3n) is 4.72. The number of nitrogens with one attached hydrogen (secondary N) is 1. The minimum atomic E-state index is -3.53. The van der Waals surface area contributed by atoms with Crippen LogP contribution in [0.25, 0.3) is 0 Å². The fraction of sp³-hybridized carbons (Fsp3) is 0.350. The summed E-state index contributed by atoms with van der Waals surface area (Å²) in [6, 6.07) is 13.6. The second-order valence-electron chi connectivity index (χ2n) is 6.31. The molecule has 1 atom stereocenters. The Labute approximate surface area is 160 Å². The molecule has 0 radical (unpaired) electrons. The van der Waals surface area contributed by atoms with Crippen molar-refractivity contribution in [2.24, 2.45) is 0 Å². The van der Waals surface area contributed by atoms with Gasteiger partial charge in [0.1, 0.15) is 5.75 Å². The van der Waals surface area contributed by atoms with E-state index in [-0.39, 0.29) is 16.8 Å². The SMILES string of the molecule is CCN(CC)S(=O)(=O)c1ccc(C(=O)NC2CCOc3ccccc32)cc1. The standard InChI is InChI=1S/C20H24N2O4S/c1-3-22(4-2)27(24,25)16-11-9-15(10-12-16)20(23)21-18-13-14-26-19-8-6-5-7-17(18)19/h5-12,18H,3-4,13-14H2,1-2H3,(H,21,23). The molecule has 0 bridgehead atoms. The molecule has 6 nitrogen and oxygen atoms in total. The molecule has 2 aromatic carbocycles. The maximum Gasteiger partial charge on any atom is 0.251 e. The molecule has 7 heteroatoms. The molecule has 3 rings (SSSR count). The van der Waals surface area contributed by atoms with E-state index in [4.69, 9.17) is 4.74 Å². The first kappa shape index (κ1) is 19.4. The Morgan fingerprint density at radius 1 is 1.11 bits per heavy atom. The van der Waals surface area contributed by atoms with Crippen LogP contribution in [-0.4, -0.2) is 38.3 Å². The summed E-state index contributed by atoms with van der Waals surface area (Å²) in [4.78, 5) is 12.8. The van der Waals surface area contributed by atoms with Crippen LogP contribution in [0.2, 0.25) is 0 Å². The number of fused-ring (bicyclic) bond motifs is 1. The van der Waals surface area contributed by atoms with Gasteiger partial charge in [-0.3, -0.25) is 4.79 Å². The van der Waals surface area contributed by atoms with Gasteiger partial charge in [-0.05, 0) is 30.3 Å². The van der Waals surface area contributed by atoms with Crippen LogP contribution in [-0.2, 0) is 10.0 Å². The van der Waals surface area contributed by atoms with Crippen molar-refractivity contribution in [2.75, 3.05) is 19.7 Å². The molecule has 1 N–H and O–H groups in total. The first-order valence-electron chi connectivity index (χ1n) is 9.10. The van der Waals surface area contributed by atoms with E-state index in [0.29, 0.717) is 31.7 Å². The van der Waals surface area contributed by atoms with Crippen LogP contribution in [0.5, 0.6) is 5.75 Å². The van der Waals surface area contributed by atoms with Crippen molar-refractivity contribution in [2.45, 2.75) is 31.2 Å². The number of carbonyl (C=O) groups is 1. The summed E-state index contributed by atoms with van der Waals surface area (Å²) in [6.45, 7) is 4.96. The lowest BCUT2D eigenvalue weighted by Gasteiger charge is -2.26. The number of amides is 1. The molecule has 0 aliphatic carbocycles. The van der Waals surface area contributed by atoms with E-state index < -0.39 is 10.0 Å². The highest BCUT2D eigenvalue weighted by atomic mass is 32.2. The van der Waals surface area contributed by atoms with Crippen LogP contribution >= 0.6 is 0 Å². The van der Waals surface area contributed by atoms with Gasteiger partial charge in [0.2, 0.25) is 10.0 Å². The highest BCUT2D eigenvalue weighted by Crippen LogP contribution is 2.31. The number of rotatable bonds is 6. The van der Waals surface area contributed by atoms with Gasteiger partial charge >= 0.3 is 0 Å². The first-order chi connectivity index (χ1) is 13.0. The van der Waals surface area contributed by atoms with E-state index in [1.54, 1.807) is 26.0 Å². The zero-order valence-electron chi connectivity index (χ0n) is 15.5. The lowest BCUT2D eigenvalue weighted by molar-refractivity contribution is 0.0924. The van der Waals surface area contributed by atoms with Crippen molar-refractivity contribution >= 4 is 15.9 Å². The smallest absolute Gasteiger partial charge is 0.251 e. The molecule has 1 aliphatic heterocycles. The summed E-state index contributed by atoms with van der Waals surface area (Å²) in [5.41, 5.74) is 1.38. The van der Waals surface area contributed by atoms with Gasteiger partial charge in [0.15, 0.2) is 0 Å². The molecular weight excluding hydrogens is 364 g/mol. The number of nitrogens with zero attached hydrogens (tertiary/aromatic N) is 1. The van der Waals surface area contributed by atoms with E-state index in [1.807, 2.05) is 24.3 Å². The maximum absolute atomic E-state index is 12.6. The summed E-state index contributed by atoms with van der Waals surface area (Å²) in [7, 11) is -3.53. The molecule has 0 fully saturated rings. The Bertz CT molecular complexity index is 906. The van der Waals surface area contributed by atoms with Crippen LogP contribution < -0.4 is 10.1 Å². The number of para-hydroxylation sites is 1. The summed E-state index contributed by atoms with van der Waals surface area (Å²) < 4.78 is 32.1. The number of sulfonamides is 1. The monoisotopic (exact) mass is 388 g/mol. The third kappa shape index (κ3) is 3.99. The molecule has 2 aromatic rings. The number of ether oxygens (including phenoxy) is 1. The number of carbonyl (C=O) groups excluding carboxylic acids is 1. The fourth-order valence-electron chi connectivity index (χ4n) is 3.22. The quantitative estimate of drug-likeness (QED) is 0.825. The fourth-order valence-corrected chi connectivity index (χ4v) is 4.68. The molecule has 27 heavy (non-hydrogen) atoms. The zero-order chi connectivity index (χ0) is 19.4. The predicted octanol–water partition coefficient (Wildman–Crippen LogP) is 2.97. The average Bonchev–Trinajstić information content (AvgIpc) is 2.69. The lowest BCUT2D eigenvalue weighted by Crippen LogP contribution is -2.32. The van der Waals surface area contributed by atoms with Gasteiger partial charge in [-0.15, -0.1) is 0 Å². The van der Waals surface area contributed by atoms with Gasteiger partial charge < -0.3 is 10.1 Å². The van der Waals surface area contributed by atoms with Crippen molar-refractivity contribution in [3.8, 4) is 5.75 Å². The third-order valence-corrected chi connectivity index (χ3v) is 6.79. The molecule has 144 valence electrons. The average molecular weight is 388 g/mol. The van der Waals surface area contributed by atoms with Crippen molar-refractivity contribution in [1.82, 2.24) is 9.62 Å². The van der Waals surface area contributed by atoms with Crippen LogP contribution in [0.1, 0.15) is 42.2 Å². The molecule has 0 aromatic heterocycles. The molecule has 1 unspecified atom stereocenters. The van der Waals surface area contributed by atoms with Gasteiger partial charge in [0.05, 0.1) is 17.5 Å². The summed E-state index contributed by atoms with van der Waals surface area (Å²) in [5.74, 6) is 0.554. The van der Waals surface area contributed by atoms with Crippen LogP contribution in [0.4, 0.5) is 0 Å². The highest BCUT2D eigenvalue weighted by Gasteiger charge is 2.24. The second kappa shape index (κ2) is 8.10. The van der Waals surface area contributed by atoms with Crippen molar-refractivity contribution in [1.29, 1.82) is 0 Å². The molecule has 1 aliphatic rings. The van der Waals surface area contributed by atoms with E-state index in [0.717, 1.165) is 11.3 Å². The minimum absolute atomic E-state index is 0.124. The Hall–Kier alpha value is -2.38. The van der Waals surface area contributed by atoms with E-state index in [1.165, 1.54) is 16.4 Å². The molecular formula is C20H24N2O4S. The second-order valence-corrected chi connectivity index (χ2v) is 8.25. The van der Waals surface area contributed by atoms with Crippen molar-refractivity contribution in [3.63, 3.8) is 0 Å². The van der Waals surface area contributed by atoms with Crippen molar-refractivity contribution < 1.29 is 17.9 Å². The maximum atomic E-state index is 12.6. The molecule has 0 saturated carbocycles. The van der Waals surface area contributed by atoms with E-state index in [9.17, 15) is 13.2 Å². The van der Waals surface area contributed by atoms with Crippen molar-refractivity contribution in [3.05, 3.63) is 59.7 Å². The summed E-state index contributed by atoms with van der Waals surface area (Å²) >= 11 is 0. The first-order valence-corrected chi connectivity index (χ1v) is 10.5. The van der Waals surface area contributed by atoms with Gasteiger partial charge in [0, 0.05) is 30.6 Å². The van der Waals surface area contributed by atoms with Crippen LogP contribution in [0.15, 0.2) is 53.4 Å². The molecule has 0 saturated heterocycles. The number of hydrogen-bond acceptors (Lipinski definition) is 4. The van der Waals surface area contributed by atoms with Gasteiger partial charge in [0.25, 0.3) is 5.91 Å². The topological polar surface area (TPSA) is 75.7 Å². The Balaban J connectivity index is 1.76. The Morgan fingerprint density at radius 2 is 1.78 bits per heavy atom. The lowest BCUT2D eigenvalue weighted by atomic mass is 10.00. The van der Waals surface area contributed by atoms with E-state index in [2.05, 4.69) is 5.32 Å². The van der Waals surface area contributed by atoms with E-state index >= 15 is 0 Å². The van der Waals surface area contributed by atoms with Gasteiger partial charge in [-0.25, -0.2) is 8.42 Å². The van der Waals surface area contributed by atoms with Gasteiger partial charge in [-0.1, -0.05) is 32.0 Å². The summed E-state index contributed by atoms with van der Waals surface area (Å²) in [5, 5.41) is 3.02. The molecule has 1 heterocycles. The highest BCUT2D eigenvalue weighted by molar-refractivity contribution is 7.89. The summed E-state index contributed by atoms with van der Waals surface area (Å²) in [6.07, 6.45) is 0.692. The Kier molecular flexibility index (Phi) is 5.82. The largest absolute Gasteiger partial charge is 0.493 e. The Morgan fingerprint density at radius 3 is 2.44 bits per heavy atom. The zero-order valence-corrected chi connectivity index (χ0v) is 16.3. The number of hydrogen-bond donors (Lipinski definition) is 1. The minimum Gasteiger partial charge on any atom is -0.493 e.